The minimum Gasteiger partial charge on any atom is -0.459 e. The number of hydrogen-bond donors (Lipinski definition) is 1. The molecule has 26 heavy (non-hydrogen) atoms. The van der Waals surface area contributed by atoms with Gasteiger partial charge in [0.1, 0.15) is 5.75 Å². The fourth-order valence-corrected chi connectivity index (χ4v) is 2.17. The highest BCUT2D eigenvalue weighted by molar-refractivity contribution is 6.30. The number of rotatable bonds is 5. The Morgan fingerprint density at radius 2 is 1.81 bits per heavy atom. The second-order valence-corrected chi connectivity index (χ2v) is 5.55. The summed E-state index contributed by atoms with van der Waals surface area (Å²) < 4.78 is 10.4. The largest absolute Gasteiger partial charge is 0.459 e. The number of carbonyl (C=O) groups excluding carboxylic acids is 2. The predicted octanol–water partition coefficient (Wildman–Crippen LogP) is 3.92. The van der Waals surface area contributed by atoms with Crippen molar-refractivity contribution in [1.29, 1.82) is 0 Å². The molecule has 1 amide bonds. The van der Waals surface area contributed by atoms with Gasteiger partial charge in [-0.3, -0.25) is 4.79 Å². The van der Waals surface area contributed by atoms with Crippen molar-refractivity contribution in [2.45, 2.75) is 0 Å². The summed E-state index contributed by atoms with van der Waals surface area (Å²) in [6.45, 7) is 0. The number of ether oxygens (including phenoxy) is 1. The Labute approximate surface area is 154 Å². The van der Waals surface area contributed by atoms with Crippen LogP contribution in [0, 0.1) is 0 Å². The summed E-state index contributed by atoms with van der Waals surface area (Å²) in [7, 11) is 0. The van der Waals surface area contributed by atoms with E-state index in [0.29, 0.717) is 21.9 Å². The zero-order valence-corrected chi connectivity index (χ0v) is 14.1. The van der Waals surface area contributed by atoms with E-state index in [0.717, 1.165) is 0 Å². The zero-order valence-electron chi connectivity index (χ0n) is 13.4. The normalized spacial score (nSPS) is 10.7. The zero-order chi connectivity index (χ0) is 18.4. The fraction of sp³-hybridized carbons (Fsp3) is 0. The number of furan rings is 1. The van der Waals surface area contributed by atoms with E-state index >= 15 is 0 Å². The quantitative estimate of drug-likeness (QED) is 0.320. The highest BCUT2D eigenvalue weighted by Crippen LogP contribution is 2.18. The topological polar surface area (TPSA) is 80.9 Å². The van der Waals surface area contributed by atoms with Gasteiger partial charge >= 0.3 is 11.9 Å². The van der Waals surface area contributed by atoms with Crippen LogP contribution in [0.2, 0.25) is 5.02 Å². The van der Waals surface area contributed by atoms with E-state index in [2.05, 4.69) is 10.5 Å². The lowest BCUT2D eigenvalue weighted by Crippen LogP contribution is -2.17. The number of halogens is 1. The van der Waals surface area contributed by atoms with Crippen LogP contribution in [0.25, 0.3) is 0 Å². The van der Waals surface area contributed by atoms with Gasteiger partial charge in [-0.05, 0) is 48.5 Å². The SMILES string of the molecule is O=C(Oc1ccccc1/C=N/NC(=O)c1ccco1)c1ccc(Cl)cc1. The monoisotopic (exact) mass is 368 g/mol. The van der Waals surface area contributed by atoms with Crippen molar-refractivity contribution < 1.29 is 18.7 Å². The first kappa shape index (κ1) is 17.4. The summed E-state index contributed by atoms with van der Waals surface area (Å²) in [5, 5.41) is 4.39. The van der Waals surface area contributed by atoms with Crippen molar-refractivity contribution in [3.63, 3.8) is 0 Å². The van der Waals surface area contributed by atoms with Gasteiger partial charge in [0, 0.05) is 10.6 Å². The molecule has 2 aromatic carbocycles. The van der Waals surface area contributed by atoms with Crippen LogP contribution in [-0.4, -0.2) is 18.1 Å². The molecule has 1 heterocycles. The summed E-state index contributed by atoms with van der Waals surface area (Å²) in [6.07, 6.45) is 2.77. The molecule has 0 saturated heterocycles. The molecule has 130 valence electrons. The average molecular weight is 369 g/mol. The number of amides is 1. The molecule has 0 aliphatic heterocycles. The Kier molecular flexibility index (Phi) is 5.46. The molecule has 0 aliphatic rings. The van der Waals surface area contributed by atoms with E-state index in [4.69, 9.17) is 20.8 Å². The molecule has 7 heteroatoms. The first-order chi connectivity index (χ1) is 12.6. The molecule has 0 atom stereocenters. The second kappa shape index (κ2) is 8.13. The molecule has 0 unspecified atom stereocenters. The van der Waals surface area contributed by atoms with Gasteiger partial charge in [0.05, 0.1) is 18.0 Å². The third-order valence-electron chi connectivity index (χ3n) is 3.32. The van der Waals surface area contributed by atoms with Gasteiger partial charge in [-0.2, -0.15) is 5.10 Å². The van der Waals surface area contributed by atoms with E-state index in [1.54, 1.807) is 54.6 Å². The Bertz CT molecular complexity index is 934. The van der Waals surface area contributed by atoms with Crippen LogP contribution >= 0.6 is 11.6 Å². The van der Waals surface area contributed by atoms with Crippen LogP contribution in [-0.2, 0) is 0 Å². The minimum absolute atomic E-state index is 0.143. The van der Waals surface area contributed by atoms with Crippen LogP contribution in [0.3, 0.4) is 0 Å². The van der Waals surface area contributed by atoms with Gasteiger partial charge in [0.25, 0.3) is 0 Å². The molecule has 0 fully saturated rings. The summed E-state index contributed by atoms with van der Waals surface area (Å²) in [5.41, 5.74) is 3.22. The molecule has 0 bridgehead atoms. The maximum Gasteiger partial charge on any atom is 0.343 e. The number of nitrogens with zero attached hydrogens (tertiary/aromatic N) is 1. The highest BCUT2D eigenvalue weighted by Gasteiger charge is 2.11. The van der Waals surface area contributed by atoms with Gasteiger partial charge in [0.15, 0.2) is 5.76 Å². The summed E-state index contributed by atoms with van der Waals surface area (Å²) in [4.78, 5) is 24.0. The number of hydrogen-bond acceptors (Lipinski definition) is 5. The first-order valence-electron chi connectivity index (χ1n) is 7.57. The maximum absolute atomic E-state index is 12.2. The predicted molar refractivity (Wildman–Crippen MR) is 96.6 cm³/mol. The van der Waals surface area contributed by atoms with Gasteiger partial charge in [-0.1, -0.05) is 23.7 Å². The van der Waals surface area contributed by atoms with Crippen LogP contribution in [0.5, 0.6) is 5.75 Å². The lowest BCUT2D eigenvalue weighted by molar-refractivity contribution is 0.0734. The molecule has 3 rings (SSSR count). The Hall–Kier alpha value is -3.38. The Morgan fingerprint density at radius 1 is 1.04 bits per heavy atom. The van der Waals surface area contributed by atoms with E-state index in [1.807, 2.05) is 0 Å². The van der Waals surface area contributed by atoms with Crippen LogP contribution in [0.15, 0.2) is 76.4 Å². The number of para-hydroxylation sites is 1. The van der Waals surface area contributed by atoms with Gasteiger partial charge in [0.2, 0.25) is 0 Å². The maximum atomic E-state index is 12.2. The van der Waals surface area contributed by atoms with Gasteiger partial charge in [-0.25, -0.2) is 10.2 Å². The molecule has 3 aromatic rings. The molecular weight excluding hydrogens is 356 g/mol. The summed E-state index contributed by atoms with van der Waals surface area (Å²) in [6, 6.07) is 16.3. The molecular formula is C19H13ClN2O4. The number of benzene rings is 2. The van der Waals surface area contributed by atoms with E-state index in [-0.39, 0.29) is 5.76 Å². The van der Waals surface area contributed by atoms with E-state index in [1.165, 1.54) is 18.5 Å². The molecule has 1 aromatic heterocycles. The van der Waals surface area contributed by atoms with Crippen molar-refractivity contribution in [3.05, 3.63) is 88.8 Å². The summed E-state index contributed by atoms with van der Waals surface area (Å²) >= 11 is 5.81. The number of carbonyl (C=O) groups is 2. The molecule has 6 nitrogen and oxygen atoms in total. The van der Waals surface area contributed by atoms with Crippen LogP contribution < -0.4 is 10.2 Å². The molecule has 0 saturated carbocycles. The molecule has 0 aliphatic carbocycles. The lowest BCUT2D eigenvalue weighted by atomic mass is 10.2. The van der Waals surface area contributed by atoms with Crippen molar-refractivity contribution in [2.75, 3.05) is 0 Å². The van der Waals surface area contributed by atoms with Crippen molar-refractivity contribution in [3.8, 4) is 5.75 Å². The Morgan fingerprint density at radius 3 is 2.54 bits per heavy atom. The summed E-state index contributed by atoms with van der Waals surface area (Å²) in [5.74, 6) is -0.558. The van der Waals surface area contributed by atoms with Crippen molar-refractivity contribution in [2.24, 2.45) is 5.10 Å². The standard InChI is InChI=1S/C19H13ClN2O4/c20-15-9-7-13(8-10-15)19(24)26-16-5-2-1-4-14(16)12-21-22-18(23)17-6-3-11-25-17/h1-12H,(H,22,23)/b21-12+. The van der Waals surface area contributed by atoms with E-state index in [9.17, 15) is 9.59 Å². The van der Waals surface area contributed by atoms with Crippen LogP contribution in [0.4, 0.5) is 0 Å². The minimum atomic E-state index is -0.526. The smallest absolute Gasteiger partial charge is 0.343 e. The number of hydrazone groups is 1. The Balaban J connectivity index is 1.69. The fourth-order valence-electron chi connectivity index (χ4n) is 2.05. The van der Waals surface area contributed by atoms with Gasteiger partial charge < -0.3 is 9.15 Å². The lowest BCUT2D eigenvalue weighted by Gasteiger charge is -2.07. The van der Waals surface area contributed by atoms with E-state index < -0.39 is 11.9 Å². The highest BCUT2D eigenvalue weighted by atomic mass is 35.5. The molecule has 1 N–H and O–H groups in total. The number of nitrogens with one attached hydrogen (secondary N) is 1. The van der Waals surface area contributed by atoms with Gasteiger partial charge in [-0.15, -0.1) is 0 Å². The first-order valence-corrected chi connectivity index (χ1v) is 7.95. The molecule has 0 radical (unpaired) electrons. The second-order valence-electron chi connectivity index (χ2n) is 5.11. The molecule has 0 spiro atoms. The van der Waals surface area contributed by atoms with Crippen molar-refractivity contribution >= 4 is 29.7 Å². The third-order valence-corrected chi connectivity index (χ3v) is 3.57. The van der Waals surface area contributed by atoms with Crippen LogP contribution in [0.1, 0.15) is 26.5 Å². The van der Waals surface area contributed by atoms with Crippen molar-refractivity contribution in [1.82, 2.24) is 5.43 Å². The third kappa shape index (κ3) is 4.37. The average Bonchev–Trinajstić information content (AvgIpc) is 3.18. The number of esters is 1.